The first-order valence-electron chi connectivity index (χ1n) is 6.14. The molecule has 0 spiro atoms. The Kier molecular flexibility index (Phi) is 5.89. The quantitative estimate of drug-likeness (QED) is 0.719. The molecule has 0 heterocycles. The molecule has 0 aliphatic carbocycles. The van der Waals surface area contributed by atoms with Crippen LogP contribution in [0.5, 0.6) is 5.75 Å². The molecule has 1 rings (SSSR count). The summed E-state index contributed by atoms with van der Waals surface area (Å²) in [5, 5.41) is 3.46. The van der Waals surface area contributed by atoms with Crippen molar-refractivity contribution in [1.82, 2.24) is 5.32 Å². The van der Waals surface area contributed by atoms with Gasteiger partial charge in [-0.1, -0.05) is 24.8 Å². The van der Waals surface area contributed by atoms with E-state index in [0.717, 1.165) is 12.3 Å². The summed E-state index contributed by atoms with van der Waals surface area (Å²) in [7, 11) is 1.72. The fourth-order valence-electron chi connectivity index (χ4n) is 1.61. The van der Waals surface area contributed by atoms with Crippen molar-refractivity contribution in [1.29, 1.82) is 0 Å². The Morgan fingerprint density at radius 1 is 1.28 bits per heavy atom. The zero-order valence-electron chi connectivity index (χ0n) is 11.5. The molecule has 0 radical (unpaired) electrons. The Bertz CT molecular complexity index is 357. The van der Waals surface area contributed by atoms with Gasteiger partial charge in [-0.15, -0.1) is 0 Å². The minimum Gasteiger partial charge on any atom is -0.490 e. The van der Waals surface area contributed by atoms with E-state index in [1.54, 1.807) is 13.2 Å². The van der Waals surface area contributed by atoms with Crippen molar-refractivity contribution < 1.29 is 9.47 Å². The third kappa shape index (κ3) is 5.34. The number of ether oxygens (including phenoxy) is 2. The maximum absolute atomic E-state index is 5.44. The van der Waals surface area contributed by atoms with Gasteiger partial charge in [-0.25, -0.2) is 0 Å². The fourth-order valence-corrected chi connectivity index (χ4v) is 1.61. The average molecular weight is 249 g/mol. The first-order valence-corrected chi connectivity index (χ1v) is 6.14. The standard InChI is InChI=1S/C15H23NO2/c1-5-10-18-14-8-6-13(7-9-14)11-16-15(2,3)12-17-4/h5-9,16H,1,10-12H2,2-4H3. The highest BCUT2D eigenvalue weighted by Gasteiger charge is 2.15. The Hall–Kier alpha value is -1.32. The molecule has 1 aromatic carbocycles. The summed E-state index contributed by atoms with van der Waals surface area (Å²) in [4.78, 5) is 0. The highest BCUT2D eigenvalue weighted by Crippen LogP contribution is 2.13. The van der Waals surface area contributed by atoms with E-state index in [9.17, 15) is 0 Å². The normalized spacial score (nSPS) is 11.3. The van der Waals surface area contributed by atoms with E-state index in [-0.39, 0.29) is 5.54 Å². The zero-order chi connectivity index (χ0) is 13.4. The van der Waals surface area contributed by atoms with Crippen LogP contribution in [0.4, 0.5) is 0 Å². The lowest BCUT2D eigenvalue weighted by molar-refractivity contribution is 0.128. The van der Waals surface area contributed by atoms with Gasteiger partial charge in [0.2, 0.25) is 0 Å². The van der Waals surface area contributed by atoms with Gasteiger partial charge in [-0.2, -0.15) is 0 Å². The minimum absolute atomic E-state index is 0.0211. The molecule has 3 nitrogen and oxygen atoms in total. The second-order valence-electron chi connectivity index (χ2n) is 4.91. The number of rotatable bonds is 8. The Morgan fingerprint density at radius 2 is 1.94 bits per heavy atom. The van der Waals surface area contributed by atoms with E-state index in [1.165, 1.54) is 5.56 Å². The number of methoxy groups -OCH3 is 1. The van der Waals surface area contributed by atoms with Crippen LogP contribution in [-0.2, 0) is 11.3 Å². The third-order valence-electron chi connectivity index (χ3n) is 2.57. The topological polar surface area (TPSA) is 30.5 Å². The molecule has 3 heteroatoms. The van der Waals surface area contributed by atoms with Gasteiger partial charge in [-0.3, -0.25) is 0 Å². The van der Waals surface area contributed by atoms with E-state index < -0.39 is 0 Å². The van der Waals surface area contributed by atoms with Gasteiger partial charge in [0.15, 0.2) is 0 Å². The van der Waals surface area contributed by atoms with E-state index in [2.05, 4.69) is 37.9 Å². The number of hydrogen-bond acceptors (Lipinski definition) is 3. The van der Waals surface area contributed by atoms with Gasteiger partial charge < -0.3 is 14.8 Å². The van der Waals surface area contributed by atoms with E-state index in [0.29, 0.717) is 13.2 Å². The zero-order valence-corrected chi connectivity index (χ0v) is 11.5. The van der Waals surface area contributed by atoms with Gasteiger partial charge >= 0.3 is 0 Å². The number of benzene rings is 1. The van der Waals surface area contributed by atoms with Crippen molar-refractivity contribution in [2.45, 2.75) is 25.9 Å². The van der Waals surface area contributed by atoms with Crippen LogP contribution in [0.2, 0.25) is 0 Å². The van der Waals surface area contributed by atoms with Gasteiger partial charge in [0, 0.05) is 19.2 Å². The highest BCUT2D eigenvalue weighted by atomic mass is 16.5. The minimum atomic E-state index is -0.0211. The van der Waals surface area contributed by atoms with Crippen molar-refractivity contribution in [3.05, 3.63) is 42.5 Å². The molecular weight excluding hydrogens is 226 g/mol. The Morgan fingerprint density at radius 3 is 2.50 bits per heavy atom. The predicted molar refractivity (Wildman–Crippen MR) is 74.9 cm³/mol. The molecule has 0 unspecified atom stereocenters. The Balaban J connectivity index is 2.46. The second kappa shape index (κ2) is 7.19. The molecule has 0 bridgehead atoms. The summed E-state index contributed by atoms with van der Waals surface area (Å²) >= 11 is 0. The summed E-state index contributed by atoms with van der Waals surface area (Å²) in [6.45, 7) is 9.91. The van der Waals surface area contributed by atoms with Crippen LogP contribution in [0.1, 0.15) is 19.4 Å². The van der Waals surface area contributed by atoms with Crippen LogP contribution in [0.25, 0.3) is 0 Å². The van der Waals surface area contributed by atoms with Gasteiger partial charge in [0.1, 0.15) is 12.4 Å². The van der Waals surface area contributed by atoms with Crippen LogP contribution in [0.3, 0.4) is 0 Å². The summed E-state index contributed by atoms with van der Waals surface area (Å²) in [6, 6.07) is 8.08. The first kappa shape index (κ1) is 14.7. The SMILES string of the molecule is C=CCOc1ccc(CNC(C)(C)COC)cc1. The monoisotopic (exact) mass is 249 g/mol. The van der Waals surface area contributed by atoms with Gasteiger partial charge in [-0.05, 0) is 31.5 Å². The maximum Gasteiger partial charge on any atom is 0.119 e. The van der Waals surface area contributed by atoms with Crippen molar-refractivity contribution in [2.24, 2.45) is 0 Å². The molecule has 18 heavy (non-hydrogen) atoms. The molecule has 0 fully saturated rings. The number of hydrogen-bond donors (Lipinski definition) is 1. The molecule has 0 aromatic heterocycles. The maximum atomic E-state index is 5.44. The van der Waals surface area contributed by atoms with Crippen LogP contribution in [-0.4, -0.2) is 25.9 Å². The van der Waals surface area contributed by atoms with E-state index >= 15 is 0 Å². The lowest BCUT2D eigenvalue weighted by Gasteiger charge is -2.25. The smallest absolute Gasteiger partial charge is 0.119 e. The highest BCUT2D eigenvalue weighted by molar-refractivity contribution is 5.27. The molecule has 0 saturated heterocycles. The van der Waals surface area contributed by atoms with E-state index in [1.807, 2.05) is 12.1 Å². The number of nitrogens with one attached hydrogen (secondary N) is 1. The lowest BCUT2D eigenvalue weighted by atomic mass is 10.1. The van der Waals surface area contributed by atoms with Crippen LogP contribution >= 0.6 is 0 Å². The predicted octanol–water partition coefficient (Wildman–Crippen LogP) is 2.77. The molecule has 0 atom stereocenters. The molecule has 0 amide bonds. The van der Waals surface area contributed by atoms with Crippen LogP contribution < -0.4 is 10.1 Å². The molecule has 1 N–H and O–H groups in total. The van der Waals surface area contributed by atoms with Crippen molar-refractivity contribution in [3.63, 3.8) is 0 Å². The molecule has 0 aliphatic heterocycles. The largest absolute Gasteiger partial charge is 0.490 e. The van der Waals surface area contributed by atoms with Crippen molar-refractivity contribution in [2.75, 3.05) is 20.3 Å². The van der Waals surface area contributed by atoms with Crippen LogP contribution in [0, 0.1) is 0 Å². The van der Waals surface area contributed by atoms with Crippen molar-refractivity contribution in [3.8, 4) is 5.75 Å². The molecule has 1 aromatic rings. The summed E-state index contributed by atoms with van der Waals surface area (Å²) in [5.41, 5.74) is 1.21. The first-order chi connectivity index (χ1) is 8.57. The van der Waals surface area contributed by atoms with Crippen LogP contribution in [0.15, 0.2) is 36.9 Å². The third-order valence-corrected chi connectivity index (χ3v) is 2.57. The van der Waals surface area contributed by atoms with Crippen molar-refractivity contribution >= 4 is 0 Å². The van der Waals surface area contributed by atoms with Gasteiger partial charge in [0.25, 0.3) is 0 Å². The average Bonchev–Trinajstić information content (AvgIpc) is 2.35. The fraction of sp³-hybridized carbons (Fsp3) is 0.467. The Labute approximate surface area is 110 Å². The molecule has 0 aliphatic rings. The summed E-state index contributed by atoms with van der Waals surface area (Å²) < 4.78 is 10.6. The lowest BCUT2D eigenvalue weighted by Crippen LogP contribution is -2.42. The molecule has 100 valence electrons. The second-order valence-corrected chi connectivity index (χ2v) is 4.91. The van der Waals surface area contributed by atoms with E-state index in [4.69, 9.17) is 9.47 Å². The van der Waals surface area contributed by atoms with Gasteiger partial charge in [0.05, 0.1) is 6.61 Å². The summed E-state index contributed by atoms with van der Waals surface area (Å²) in [6.07, 6.45) is 1.74. The summed E-state index contributed by atoms with van der Waals surface area (Å²) in [5.74, 6) is 0.870. The molecular formula is C15H23NO2. The molecule has 0 saturated carbocycles.